The lowest BCUT2D eigenvalue weighted by molar-refractivity contribution is -0.125. The van der Waals surface area contributed by atoms with E-state index >= 15 is 0 Å². The van der Waals surface area contributed by atoms with E-state index in [1.165, 1.54) is 7.11 Å². The van der Waals surface area contributed by atoms with E-state index in [1.54, 1.807) is 0 Å². The molecule has 0 aliphatic rings. The van der Waals surface area contributed by atoms with E-state index in [9.17, 15) is 4.79 Å². The maximum atomic E-state index is 11.4. The summed E-state index contributed by atoms with van der Waals surface area (Å²) in [7, 11) is 1.50. The Morgan fingerprint density at radius 2 is 2.31 bits per heavy atom. The third-order valence-electron chi connectivity index (χ3n) is 2.27. The van der Waals surface area contributed by atoms with Gasteiger partial charge in [-0.25, -0.2) is 0 Å². The molecular weight excluding hydrogens is 226 g/mol. The van der Waals surface area contributed by atoms with Crippen molar-refractivity contribution < 1.29 is 9.53 Å². The number of amides is 1. The first-order valence-corrected chi connectivity index (χ1v) is 5.59. The van der Waals surface area contributed by atoms with Gasteiger partial charge in [0, 0.05) is 12.1 Å². The maximum Gasteiger partial charge on any atom is 0.246 e. The fourth-order valence-corrected chi connectivity index (χ4v) is 1.71. The van der Waals surface area contributed by atoms with Crippen LogP contribution in [-0.4, -0.2) is 19.6 Å². The van der Waals surface area contributed by atoms with E-state index in [-0.39, 0.29) is 18.6 Å². The van der Waals surface area contributed by atoms with Gasteiger partial charge in [-0.2, -0.15) is 0 Å². The van der Waals surface area contributed by atoms with E-state index < -0.39 is 0 Å². The molecule has 1 atom stereocenters. The number of carbonyl (C=O) groups excluding carboxylic acids is 1. The Balaban J connectivity index is 2.70. The van der Waals surface area contributed by atoms with Crippen LogP contribution in [0.5, 0.6) is 0 Å². The van der Waals surface area contributed by atoms with Gasteiger partial charge in [-0.15, -0.1) is 0 Å². The van der Waals surface area contributed by atoms with Gasteiger partial charge < -0.3 is 10.1 Å². The molecule has 88 valence electrons. The summed E-state index contributed by atoms with van der Waals surface area (Å²) in [5.74, 6) is -0.116. The third kappa shape index (κ3) is 3.83. The van der Waals surface area contributed by atoms with Crippen molar-refractivity contribution in [2.24, 2.45) is 0 Å². The zero-order valence-corrected chi connectivity index (χ0v) is 10.3. The van der Waals surface area contributed by atoms with Crippen LogP contribution in [-0.2, 0) is 9.53 Å². The van der Waals surface area contributed by atoms with Gasteiger partial charge in [-0.05, 0) is 24.1 Å². The summed E-state index contributed by atoms with van der Waals surface area (Å²) in [6, 6.07) is 7.49. The molecule has 1 amide bonds. The average Bonchev–Trinajstić information content (AvgIpc) is 2.26. The van der Waals surface area contributed by atoms with Crippen LogP contribution in [0.1, 0.15) is 24.9 Å². The minimum absolute atomic E-state index is 0.0126. The second-order valence-corrected chi connectivity index (χ2v) is 3.95. The molecule has 0 heterocycles. The SMILES string of the molecule is CCC(NC(=O)COC)c1cccc(Cl)c1. The Morgan fingerprint density at radius 3 is 2.88 bits per heavy atom. The van der Waals surface area contributed by atoms with Gasteiger partial charge in [0.1, 0.15) is 6.61 Å². The van der Waals surface area contributed by atoms with Crippen LogP contribution in [0, 0.1) is 0 Å². The molecule has 1 aromatic carbocycles. The predicted octanol–water partition coefficient (Wildman–Crippen LogP) is 2.55. The highest BCUT2D eigenvalue weighted by atomic mass is 35.5. The van der Waals surface area contributed by atoms with Crippen molar-refractivity contribution in [1.82, 2.24) is 5.32 Å². The number of hydrogen-bond acceptors (Lipinski definition) is 2. The quantitative estimate of drug-likeness (QED) is 0.861. The third-order valence-corrected chi connectivity index (χ3v) is 2.51. The van der Waals surface area contributed by atoms with Crippen molar-refractivity contribution in [3.05, 3.63) is 34.9 Å². The van der Waals surface area contributed by atoms with Gasteiger partial charge in [0.25, 0.3) is 0 Å². The molecule has 0 fully saturated rings. The summed E-state index contributed by atoms with van der Waals surface area (Å²) in [4.78, 5) is 11.4. The van der Waals surface area contributed by atoms with Crippen molar-refractivity contribution in [1.29, 1.82) is 0 Å². The van der Waals surface area contributed by atoms with Crippen LogP contribution in [0.3, 0.4) is 0 Å². The molecule has 0 aromatic heterocycles. The second kappa shape index (κ2) is 6.51. The number of carbonyl (C=O) groups is 1. The van der Waals surface area contributed by atoms with Gasteiger partial charge in [0.15, 0.2) is 0 Å². The number of methoxy groups -OCH3 is 1. The van der Waals surface area contributed by atoms with Gasteiger partial charge >= 0.3 is 0 Å². The smallest absolute Gasteiger partial charge is 0.246 e. The highest BCUT2D eigenvalue weighted by molar-refractivity contribution is 6.30. The number of benzene rings is 1. The molecule has 3 nitrogen and oxygen atoms in total. The number of hydrogen-bond donors (Lipinski definition) is 1. The van der Waals surface area contributed by atoms with Crippen molar-refractivity contribution in [2.75, 3.05) is 13.7 Å². The first-order chi connectivity index (χ1) is 7.67. The lowest BCUT2D eigenvalue weighted by atomic mass is 10.0. The van der Waals surface area contributed by atoms with Crippen molar-refractivity contribution >= 4 is 17.5 Å². The van der Waals surface area contributed by atoms with Crippen LogP contribution >= 0.6 is 11.6 Å². The standard InChI is InChI=1S/C12H16ClNO2/c1-3-11(14-12(15)8-16-2)9-5-4-6-10(13)7-9/h4-7,11H,3,8H2,1-2H3,(H,14,15). The highest BCUT2D eigenvalue weighted by Crippen LogP contribution is 2.20. The molecule has 1 aromatic rings. The minimum Gasteiger partial charge on any atom is -0.375 e. The van der Waals surface area contributed by atoms with E-state index in [4.69, 9.17) is 16.3 Å². The molecule has 4 heteroatoms. The molecule has 0 saturated heterocycles. The predicted molar refractivity (Wildman–Crippen MR) is 64.5 cm³/mol. The largest absolute Gasteiger partial charge is 0.375 e. The van der Waals surface area contributed by atoms with E-state index in [2.05, 4.69) is 5.32 Å². The molecule has 0 saturated carbocycles. The zero-order valence-electron chi connectivity index (χ0n) is 9.50. The van der Waals surface area contributed by atoms with Crippen molar-refractivity contribution in [3.63, 3.8) is 0 Å². The highest BCUT2D eigenvalue weighted by Gasteiger charge is 2.12. The second-order valence-electron chi connectivity index (χ2n) is 3.52. The summed E-state index contributed by atoms with van der Waals surface area (Å²) in [6.07, 6.45) is 0.815. The molecule has 1 unspecified atom stereocenters. The van der Waals surface area contributed by atoms with Gasteiger partial charge in [-0.1, -0.05) is 30.7 Å². The van der Waals surface area contributed by atoms with Crippen LogP contribution in [0.15, 0.2) is 24.3 Å². The van der Waals surface area contributed by atoms with Gasteiger partial charge in [0.2, 0.25) is 5.91 Å². The van der Waals surface area contributed by atoms with Crippen LogP contribution in [0.25, 0.3) is 0 Å². The topological polar surface area (TPSA) is 38.3 Å². The average molecular weight is 242 g/mol. The number of rotatable bonds is 5. The molecule has 0 radical (unpaired) electrons. The summed E-state index contributed by atoms with van der Waals surface area (Å²) < 4.78 is 4.77. The summed E-state index contributed by atoms with van der Waals surface area (Å²) >= 11 is 5.91. The number of nitrogens with one attached hydrogen (secondary N) is 1. The van der Waals surface area contributed by atoms with Gasteiger partial charge in [-0.3, -0.25) is 4.79 Å². The van der Waals surface area contributed by atoms with Gasteiger partial charge in [0.05, 0.1) is 6.04 Å². The molecule has 1 N–H and O–H groups in total. The Bertz CT molecular complexity index is 355. The normalized spacial score (nSPS) is 12.2. The monoisotopic (exact) mass is 241 g/mol. The van der Waals surface area contributed by atoms with Crippen molar-refractivity contribution in [2.45, 2.75) is 19.4 Å². The van der Waals surface area contributed by atoms with E-state index in [1.807, 2.05) is 31.2 Å². The number of ether oxygens (including phenoxy) is 1. The fraction of sp³-hybridized carbons (Fsp3) is 0.417. The first-order valence-electron chi connectivity index (χ1n) is 5.21. The summed E-state index contributed by atoms with van der Waals surface area (Å²) in [6.45, 7) is 2.09. The zero-order chi connectivity index (χ0) is 12.0. The Morgan fingerprint density at radius 1 is 1.56 bits per heavy atom. The first kappa shape index (κ1) is 13.0. The van der Waals surface area contributed by atoms with E-state index in [0.717, 1.165) is 12.0 Å². The van der Waals surface area contributed by atoms with Crippen LogP contribution < -0.4 is 5.32 Å². The molecule has 0 aliphatic carbocycles. The maximum absolute atomic E-state index is 11.4. The molecule has 1 rings (SSSR count). The summed E-state index contributed by atoms with van der Waals surface area (Å²) in [5.41, 5.74) is 1.01. The van der Waals surface area contributed by atoms with Crippen LogP contribution in [0.2, 0.25) is 5.02 Å². The van der Waals surface area contributed by atoms with E-state index in [0.29, 0.717) is 5.02 Å². The molecule has 0 aliphatic heterocycles. The lowest BCUT2D eigenvalue weighted by Crippen LogP contribution is -2.31. The lowest BCUT2D eigenvalue weighted by Gasteiger charge is -2.17. The summed E-state index contributed by atoms with van der Waals surface area (Å²) in [5, 5.41) is 3.57. The van der Waals surface area contributed by atoms with Crippen LogP contribution in [0.4, 0.5) is 0 Å². The number of halogens is 1. The Kier molecular flexibility index (Phi) is 5.29. The Hall–Kier alpha value is -1.06. The Labute approximate surface area is 101 Å². The molecule has 0 spiro atoms. The molecular formula is C12H16ClNO2. The van der Waals surface area contributed by atoms with Crippen molar-refractivity contribution in [3.8, 4) is 0 Å². The molecule has 16 heavy (non-hydrogen) atoms. The fourth-order valence-electron chi connectivity index (χ4n) is 1.51. The molecule has 0 bridgehead atoms. The minimum atomic E-state index is -0.116.